The van der Waals surface area contributed by atoms with Crippen LogP contribution in [0.2, 0.25) is 0 Å². The number of rotatable bonds is 9. The highest BCUT2D eigenvalue weighted by Crippen LogP contribution is 2.26. The minimum Gasteiger partial charge on any atom is -0.460 e. The van der Waals surface area contributed by atoms with Gasteiger partial charge < -0.3 is 4.74 Å². The van der Waals surface area contributed by atoms with Crippen molar-refractivity contribution in [2.24, 2.45) is 5.92 Å². The van der Waals surface area contributed by atoms with E-state index in [1.165, 1.54) is 31.4 Å². The summed E-state index contributed by atoms with van der Waals surface area (Å²) in [6.45, 7) is 23.8. The van der Waals surface area contributed by atoms with E-state index in [1.54, 1.807) is 13.8 Å². The van der Waals surface area contributed by atoms with Crippen LogP contribution in [0.1, 0.15) is 138 Å². The van der Waals surface area contributed by atoms with Gasteiger partial charge in [0.1, 0.15) is 11.3 Å². The number of aromatic nitrogens is 2. The lowest BCUT2D eigenvalue weighted by atomic mass is 10.00. The first-order chi connectivity index (χ1) is 17.0. The van der Waals surface area contributed by atoms with Crippen LogP contribution in [0.5, 0.6) is 0 Å². The predicted octanol–water partition coefficient (Wildman–Crippen LogP) is 9.86. The first-order valence-corrected chi connectivity index (χ1v) is 14.1. The minimum atomic E-state index is -1.31. The molecule has 0 aliphatic rings. The van der Waals surface area contributed by atoms with E-state index in [2.05, 4.69) is 52.7 Å². The molecular weight excluding hydrogens is 463 g/mol. The third kappa shape index (κ3) is 15.0. The van der Waals surface area contributed by atoms with E-state index >= 15 is 0 Å². The summed E-state index contributed by atoms with van der Waals surface area (Å²) >= 11 is 0. The monoisotopic (exact) mass is 518 g/mol. The zero-order valence-electron chi connectivity index (χ0n) is 25.9. The van der Waals surface area contributed by atoms with E-state index < -0.39 is 5.67 Å². The van der Waals surface area contributed by atoms with Crippen molar-refractivity contribution in [1.29, 1.82) is 0 Å². The molecule has 0 amide bonds. The number of nitrogens with zero attached hydrogens (tertiary/aromatic N) is 2. The predicted molar refractivity (Wildman–Crippen MR) is 156 cm³/mol. The van der Waals surface area contributed by atoms with Gasteiger partial charge >= 0.3 is 5.97 Å². The maximum absolute atomic E-state index is 13.8. The molecule has 4 nitrogen and oxygen atoms in total. The Morgan fingerprint density at radius 1 is 0.973 bits per heavy atom. The van der Waals surface area contributed by atoms with E-state index in [-0.39, 0.29) is 11.6 Å². The molecule has 0 spiro atoms. The van der Waals surface area contributed by atoms with Gasteiger partial charge in [-0.15, -0.1) is 0 Å². The minimum absolute atomic E-state index is 0.0684. The second-order valence-corrected chi connectivity index (χ2v) is 11.8. The van der Waals surface area contributed by atoms with Gasteiger partial charge in [0, 0.05) is 12.1 Å². The lowest BCUT2D eigenvalue weighted by Crippen LogP contribution is -2.24. The van der Waals surface area contributed by atoms with Gasteiger partial charge in [0.25, 0.3) is 0 Å². The molecule has 0 radical (unpaired) electrons. The quantitative estimate of drug-likeness (QED) is 0.310. The molecule has 1 unspecified atom stereocenters. The summed E-state index contributed by atoms with van der Waals surface area (Å²) in [5, 5.41) is 4.52. The Morgan fingerprint density at radius 2 is 1.51 bits per heavy atom. The molecule has 2 aromatic rings. The fourth-order valence-corrected chi connectivity index (χ4v) is 3.46. The fourth-order valence-electron chi connectivity index (χ4n) is 3.46. The highest BCUT2D eigenvalue weighted by molar-refractivity contribution is 5.70. The molecule has 37 heavy (non-hydrogen) atoms. The van der Waals surface area contributed by atoms with Crippen molar-refractivity contribution in [2.75, 3.05) is 0 Å². The summed E-state index contributed by atoms with van der Waals surface area (Å²) in [7, 11) is 0. The number of alkyl halides is 1. The summed E-state index contributed by atoms with van der Waals surface area (Å²) < 4.78 is 21.0. The molecule has 5 heteroatoms. The zero-order valence-corrected chi connectivity index (χ0v) is 25.9. The molecule has 1 heterocycles. The number of hydrogen-bond donors (Lipinski definition) is 0. The standard InChI is InChI=1S/C16H21FN2.C12H24O2.C4H10/c1-11(2)15-10-12(3)18-19(15)14-8-6-13(7-9-14)16(4,5)17;1-6-7-8-10(2)9-11(13)14-12(3,4)5;1-3-4-2/h6-11H,1-5H3;10H,6-9H2,1-5H3;3-4H2,1-2H3. The zero-order chi connectivity index (χ0) is 28.8. The number of hydrogen-bond acceptors (Lipinski definition) is 3. The average molecular weight is 519 g/mol. The van der Waals surface area contributed by atoms with Crippen LogP contribution >= 0.6 is 0 Å². The van der Waals surface area contributed by atoms with E-state index in [0.29, 0.717) is 23.8 Å². The topological polar surface area (TPSA) is 44.1 Å². The number of ether oxygens (including phenoxy) is 1. The van der Waals surface area contributed by atoms with Crippen molar-refractivity contribution in [3.8, 4) is 5.69 Å². The summed E-state index contributed by atoms with van der Waals surface area (Å²) in [5.74, 6) is 0.782. The molecule has 212 valence electrons. The lowest BCUT2D eigenvalue weighted by Gasteiger charge is -2.20. The molecule has 0 N–H and O–H groups in total. The van der Waals surface area contributed by atoms with Gasteiger partial charge in [-0.05, 0) is 77.1 Å². The molecule has 0 bridgehead atoms. The number of aryl methyl sites for hydroxylation is 1. The number of carbonyl (C=O) groups is 1. The maximum atomic E-state index is 13.8. The molecule has 0 aliphatic carbocycles. The number of esters is 1. The summed E-state index contributed by atoms with van der Waals surface area (Å²) in [6.07, 6.45) is 6.70. The van der Waals surface area contributed by atoms with Crippen molar-refractivity contribution in [3.05, 3.63) is 47.3 Å². The van der Waals surface area contributed by atoms with Crippen LogP contribution in [-0.2, 0) is 15.2 Å². The second kappa shape index (κ2) is 16.6. The van der Waals surface area contributed by atoms with E-state index in [1.807, 2.05) is 56.6 Å². The number of benzene rings is 1. The third-order valence-electron chi connectivity index (χ3n) is 5.73. The summed E-state index contributed by atoms with van der Waals surface area (Å²) in [5.41, 5.74) is 2.18. The van der Waals surface area contributed by atoms with Crippen LogP contribution in [0.3, 0.4) is 0 Å². The molecule has 2 rings (SSSR count). The Kier molecular flexibility index (Phi) is 15.7. The summed E-state index contributed by atoms with van der Waals surface area (Å²) in [4.78, 5) is 11.4. The molecule has 1 atom stereocenters. The molecular formula is C32H55FN2O2. The first kappa shape index (κ1) is 34.8. The van der Waals surface area contributed by atoms with Crippen molar-refractivity contribution >= 4 is 5.97 Å². The van der Waals surface area contributed by atoms with Crippen molar-refractivity contribution in [3.63, 3.8) is 0 Å². The summed E-state index contributed by atoms with van der Waals surface area (Å²) in [6, 6.07) is 9.61. The van der Waals surface area contributed by atoms with Crippen LogP contribution in [-0.4, -0.2) is 21.4 Å². The molecule has 0 saturated heterocycles. The number of unbranched alkanes of at least 4 members (excludes halogenated alkanes) is 2. The van der Waals surface area contributed by atoms with Crippen LogP contribution in [0, 0.1) is 12.8 Å². The van der Waals surface area contributed by atoms with E-state index in [4.69, 9.17) is 4.74 Å². The highest BCUT2D eigenvalue weighted by atomic mass is 19.1. The lowest BCUT2D eigenvalue weighted by molar-refractivity contribution is -0.155. The Bertz CT molecular complexity index is 885. The van der Waals surface area contributed by atoms with Crippen molar-refractivity contribution in [2.45, 2.75) is 139 Å². The van der Waals surface area contributed by atoms with Crippen LogP contribution < -0.4 is 0 Å². The normalized spacial score (nSPS) is 12.3. The largest absolute Gasteiger partial charge is 0.460 e. The van der Waals surface area contributed by atoms with Gasteiger partial charge in [-0.25, -0.2) is 9.07 Å². The number of halogens is 1. The highest BCUT2D eigenvalue weighted by Gasteiger charge is 2.19. The third-order valence-corrected chi connectivity index (χ3v) is 5.73. The van der Waals surface area contributed by atoms with Gasteiger partial charge in [-0.1, -0.05) is 85.8 Å². The van der Waals surface area contributed by atoms with Gasteiger partial charge in [0.2, 0.25) is 0 Å². The smallest absolute Gasteiger partial charge is 0.306 e. The molecule has 0 fully saturated rings. The van der Waals surface area contributed by atoms with Gasteiger partial charge in [0.15, 0.2) is 0 Å². The van der Waals surface area contributed by atoms with Gasteiger partial charge in [-0.2, -0.15) is 5.10 Å². The van der Waals surface area contributed by atoms with Crippen molar-refractivity contribution < 1.29 is 13.9 Å². The second-order valence-electron chi connectivity index (χ2n) is 11.8. The van der Waals surface area contributed by atoms with Gasteiger partial charge in [0.05, 0.1) is 11.4 Å². The SMILES string of the molecule is CCCC.CCCCC(C)CC(=O)OC(C)(C)C.Cc1cc(C(C)C)n(-c2ccc(C(C)(C)F)cc2)n1. The fraction of sp³-hybridized carbons (Fsp3) is 0.688. The molecule has 1 aromatic heterocycles. The molecule has 0 aliphatic heterocycles. The Labute approximate surface area is 227 Å². The average Bonchev–Trinajstić information content (AvgIpc) is 3.18. The molecule has 0 saturated carbocycles. The molecule has 1 aromatic carbocycles. The van der Waals surface area contributed by atoms with Crippen molar-refractivity contribution in [1.82, 2.24) is 9.78 Å². The van der Waals surface area contributed by atoms with E-state index in [0.717, 1.165) is 17.8 Å². The van der Waals surface area contributed by atoms with Crippen LogP contribution in [0.4, 0.5) is 4.39 Å². The van der Waals surface area contributed by atoms with Crippen LogP contribution in [0.25, 0.3) is 5.69 Å². The van der Waals surface area contributed by atoms with E-state index in [9.17, 15) is 9.18 Å². The first-order valence-electron chi connectivity index (χ1n) is 14.1. The number of carbonyl (C=O) groups excluding carboxylic acids is 1. The Morgan fingerprint density at radius 3 is 1.92 bits per heavy atom. The maximum Gasteiger partial charge on any atom is 0.306 e. The Hall–Kier alpha value is -2.17. The van der Waals surface area contributed by atoms with Gasteiger partial charge in [-0.3, -0.25) is 4.79 Å². The Balaban J connectivity index is 0.000000636. The van der Waals surface area contributed by atoms with Crippen LogP contribution in [0.15, 0.2) is 30.3 Å².